The molecule has 17 heavy (non-hydrogen) atoms. The van der Waals surface area contributed by atoms with Crippen LogP contribution < -0.4 is 5.73 Å². The van der Waals surface area contributed by atoms with Crippen LogP contribution in [0.25, 0.3) is 0 Å². The predicted octanol–water partition coefficient (Wildman–Crippen LogP) is 2.48. The topological polar surface area (TPSA) is 42.1 Å². The van der Waals surface area contributed by atoms with Crippen LogP contribution in [0.15, 0.2) is 22.8 Å². The van der Waals surface area contributed by atoms with Gasteiger partial charge in [0.15, 0.2) is 0 Å². The van der Waals surface area contributed by atoms with E-state index in [2.05, 4.69) is 31.9 Å². The molecular weight excluding hydrogens is 298 g/mol. The summed E-state index contributed by atoms with van der Waals surface area (Å²) in [7, 11) is 0. The van der Waals surface area contributed by atoms with Crippen molar-refractivity contribution < 1.29 is 0 Å². The van der Waals surface area contributed by atoms with E-state index in [1.165, 1.54) is 12.8 Å². The third-order valence-electron chi connectivity index (χ3n) is 2.86. The van der Waals surface area contributed by atoms with E-state index in [9.17, 15) is 0 Å². The molecule has 0 aromatic carbocycles. The van der Waals surface area contributed by atoms with E-state index >= 15 is 0 Å². The summed E-state index contributed by atoms with van der Waals surface area (Å²) in [5.74, 6) is 0. The van der Waals surface area contributed by atoms with Crippen molar-refractivity contribution in [3.8, 4) is 0 Å². The summed E-state index contributed by atoms with van der Waals surface area (Å²) in [5.41, 5.74) is 6.66. The van der Waals surface area contributed by atoms with Crippen molar-refractivity contribution in [2.75, 3.05) is 6.54 Å². The lowest BCUT2D eigenvalue weighted by Gasteiger charge is -2.21. The van der Waals surface area contributed by atoms with Crippen LogP contribution in [0.4, 0.5) is 0 Å². The highest BCUT2D eigenvalue weighted by Crippen LogP contribution is 2.28. The molecule has 2 rings (SSSR count). The second-order valence-electron chi connectivity index (χ2n) is 4.39. The number of nitrogens with two attached hydrogens (primary N) is 1. The van der Waals surface area contributed by atoms with E-state index in [0.717, 1.165) is 29.7 Å². The maximum atomic E-state index is 5.56. The fraction of sp³-hybridized carbons (Fsp3) is 0.500. The Hall–Kier alpha value is -0.520. The van der Waals surface area contributed by atoms with Gasteiger partial charge in [0, 0.05) is 36.2 Å². The molecule has 1 heterocycles. The minimum absolute atomic E-state index is 0.597. The van der Waals surface area contributed by atoms with Crippen molar-refractivity contribution in [2.24, 2.45) is 5.73 Å². The molecule has 0 bridgehead atoms. The average Bonchev–Trinajstić information content (AvgIpc) is 3.10. The monoisotopic (exact) mass is 313 g/mol. The quantitative estimate of drug-likeness (QED) is 0.819. The van der Waals surface area contributed by atoms with Crippen LogP contribution in [0.2, 0.25) is 0 Å². The van der Waals surface area contributed by atoms with Gasteiger partial charge < -0.3 is 5.73 Å². The van der Waals surface area contributed by atoms with E-state index in [4.69, 9.17) is 18.0 Å². The first-order valence-corrected chi connectivity index (χ1v) is 6.98. The van der Waals surface area contributed by atoms with Crippen molar-refractivity contribution in [1.82, 2.24) is 9.88 Å². The number of hydrogen-bond acceptors (Lipinski definition) is 3. The Morgan fingerprint density at radius 2 is 2.29 bits per heavy atom. The average molecular weight is 314 g/mol. The van der Waals surface area contributed by atoms with Crippen LogP contribution in [0.5, 0.6) is 0 Å². The summed E-state index contributed by atoms with van der Waals surface area (Å²) in [6, 6.07) is 4.79. The van der Waals surface area contributed by atoms with E-state index in [1.54, 1.807) is 0 Å². The van der Waals surface area contributed by atoms with Gasteiger partial charge in [-0.25, -0.2) is 0 Å². The standard InChI is InChI=1S/C12H16BrN3S/c13-9-1-2-10(15-7-9)8-16(11-3-4-11)6-5-12(14)17/h1-2,7,11H,3-6,8H2,(H2,14,17). The van der Waals surface area contributed by atoms with Crippen LogP contribution in [-0.2, 0) is 6.54 Å². The number of pyridine rings is 1. The molecule has 0 radical (unpaired) electrons. The molecular formula is C12H16BrN3S. The highest BCUT2D eigenvalue weighted by molar-refractivity contribution is 9.10. The molecule has 5 heteroatoms. The first-order chi connectivity index (χ1) is 8.15. The van der Waals surface area contributed by atoms with Gasteiger partial charge in [-0.1, -0.05) is 12.2 Å². The second-order valence-corrected chi connectivity index (χ2v) is 5.83. The van der Waals surface area contributed by atoms with Gasteiger partial charge in [0.2, 0.25) is 0 Å². The Bertz CT molecular complexity index is 389. The summed E-state index contributed by atoms with van der Waals surface area (Å²) >= 11 is 8.32. The number of halogens is 1. The minimum atomic E-state index is 0.597. The van der Waals surface area contributed by atoms with Crippen molar-refractivity contribution in [3.05, 3.63) is 28.5 Å². The van der Waals surface area contributed by atoms with Crippen LogP contribution in [0.1, 0.15) is 25.0 Å². The largest absolute Gasteiger partial charge is 0.393 e. The fourth-order valence-electron chi connectivity index (χ4n) is 1.79. The molecule has 0 unspecified atom stereocenters. The molecule has 1 aliphatic carbocycles. The normalized spacial score (nSPS) is 15.2. The van der Waals surface area contributed by atoms with Crippen LogP contribution >= 0.6 is 28.1 Å². The highest BCUT2D eigenvalue weighted by Gasteiger charge is 2.28. The van der Waals surface area contributed by atoms with Gasteiger partial charge in [0.05, 0.1) is 10.7 Å². The lowest BCUT2D eigenvalue weighted by molar-refractivity contribution is 0.259. The van der Waals surface area contributed by atoms with Gasteiger partial charge in [-0.2, -0.15) is 0 Å². The van der Waals surface area contributed by atoms with Gasteiger partial charge in [0.1, 0.15) is 0 Å². The molecule has 0 amide bonds. The van der Waals surface area contributed by atoms with E-state index in [-0.39, 0.29) is 0 Å². The van der Waals surface area contributed by atoms with Crippen molar-refractivity contribution >= 4 is 33.1 Å². The third kappa shape index (κ3) is 4.33. The van der Waals surface area contributed by atoms with Gasteiger partial charge in [-0.05, 0) is 40.9 Å². The number of aromatic nitrogens is 1. The zero-order valence-corrected chi connectivity index (χ0v) is 12.0. The highest BCUT2D eigenvalue weighted by atomic mass is 79.9. The molecule has 92 valence electrons. The Morgan fingerprint density at radius 1 is 1.53 bits per heavy atom. The number of rotatable bonds is 6. The number of thiocarbonyl (C=S) groups is 1. The lowest BCUT2D eigenvalue weighted by Crippen LogP contribution is -2.29. The molecule has 0 saturated heterocycles. The zero-order valence-electron chi connectivity index (χ0n) is 9.60. The summed E-state index contributed by atoms with van der Waals surface area (Å²) in [6.45, 7) is 1.83. The molecule has 3 nitrogen and oxygen atoms in total. The maximum absolute atomic E-state index is 5.56. The summed E-state index contributed by atoms with van der Waals surface area (Å²) < 4.78 is 1.02. The molecule has 0 aliphatic heterocycles. The summed E-state index contributed by atoms with van der Waals surface area (Å²) in [6.07, 6.45) is 5.21. The van der Waals surface area contributed by atoms with Gasteiger partial charge in [-0.3, -0.25) is 9.88 Å². The van der Waals surface area contributed by atoms with E-state index < -0.39 is 0 Å². The van der Waals surface area contributed by atoms with Crippen molar-refractivity contribution in [1.29, 1.82) is 0 Å². The van der Waals surface area contributed by atoms with Crippen LogP contribution in [0.3, 0.4) is 0 Å². The maximum Gasteiger partial charge on any atom is 0.0740 e. The molecule has 1 saturated carbocycles. The third-order valence-corrected chi connectivity index (χ3v) is 3.54. The van der Waals surface area contributed by atoms with Crippen molar-refractivity contribution in [3.63, 3.8) is 0 Å². The Morgan fingerprint density at radius 3 is 2.82 bits per heavy atom. The molecule has 1 fully saturated rings. The van der Waals surface area contributed by atoms with Gasteiger partial charge in [0.25, 0.3) is 0 Å². The van der Waals surface area contributed by atoms with Crippen molar-refractivity contribution in [2.45, 2.75) is 31.8 Å². The number of hydrogen-bond donors (Lipinski definition) is 1. The SMILES string of the molecule is NC(=S)CCN(Cc1ccc(Br)cn1)C1CC1. The summed E-state index contributed by atoms with van der Waals surface area (Å²) in [4.78, 5) is 7.43. The Labute approximate surface area is 116 Å². The number of nitrogens with zero attached hydrogens (tertiary/aromatic N) is 2. The minimum Gasteiger partial charge on any atom is -0.393 e. The Kier molecular flexibility index (Phi) is 4.48. The smallest absolute Gasteiger partial charge is 0.0740 e. The molecule has 1 aromatic heterocycles. The molecule has 1 aromatic rings. The summed E-state index contributed by atoms with van der Waals surface area (Å²) in [5, 5.41) is 0. The van der Waals surface area contributed by atoms with Crippen LogP contribution in [0, 0.1) is 0 Å². The molecule has 0 spiro atoms. The van der Waals surface area contributed by atoms with Crippen LogP contribution in [-0.4, -0.2) is 27.5 Å². The predicted molar refractivity (Wildman–Crippen MR) is 76.8 cm³/mol. The first-order valence-electron chi connectivity index (χ1n) is 5.78. The lowest BCUT2D eigenvalue weighted by atomic mass is 10.3. The van der Waals surface area contributed by atoms with E-state index in [0.29, 0.717) is 11.0 Å². The van der Waals surface area contributed by atoms with E-state index in [1.807, 2.05) is 12.3 Å². The first kappa shape index (κ1) is 12.9. The Balaban J connectivity index is 1.92. The molecule has 2 N–H and O–H groups in total. The van der Waals surface area contributed by atoms with Gasteiger partial charge in [-0.15, -0.1) is 0 Å². The second kappa shape index (κ2) is 5.89. The molecule has 1 aliphatic rings. The fourth-order valence-corrected chi connectivity index (χ4v) is 2.12. The van der Waals surface area contributed by atoms with Gasteiger partial charge >= 0.3 is 0 Å². The zero-order chi connectivity index (χ0) is 12.3. The molecule has 0 atom stereocenters.